The average Bonchev–Trinajstić information content (AvgIpc) is 2.53. The monoisotopic (exact) mass is 331 g/mol. The fraction of sp³-hybridized carbons (Fsp3) is 0.333. The van der Waals surface area contributed by atoms with E-state index in [0.717, 1.165) is 12.0 Å². The SMILES string of the molecule is CNS(=O)(=O)c1ccc2c(c1)OC(C)(C)CC2c1ccccc1. The molecular weight excluding hydrogens is 310 g/mol. The second kappa shape index (κ2) is 5.65. The number of nitrogens with one attached hydrogen (secondary N) is 1. The summed E-state index contributed by atoms with van der Waals surface area (Å²) >= 11 is 0. The van der Waals surface area contributed by atoms with Crippen LogP contribution < -0.4 is 9.46 Å². The lowest BCUT2D eigenvalue weighted by molar-refractivity contribution is 0.0771. The van der Waals surface area contributed by atoms with Crippen molar-refractivity contribution in [3.63, 3.8) is 0 Å². The molecule has 0 bridgehead atoms. The molecule has 0 aliphatic carbocycles. The smallest absolute Gasteiger partial charge is 0.240 e. The lowest BCUT2D eigenvalue weighted by Gasteiger charge is -2.38. The van der Waals surface area contributed by atoms with E-state index in [1.165, 1.54) is 12.6 Å². The molecule has 0 saturated heterocycles. The quantitative estimate of drug-likeness (QED) is 0.939. The van der Waals surface area contributed by atoms with Crippen LogP contribution in [0.1, 0.15) is 37.3 Å². The van der Waals surface area contributed by atoms with E-state index >= 15 is 0 Å². The Morgan fingerprint density at radius 3 is 2.48 bits per heavy atom. The number of hydrogen-bond acceptors (Lipinski definition) is 3. The van der Waals surface area contributed by atoms with Crippen LogP contribution in [-0.4, -0.2) is 21.1 Å². The summed E-state index contributed by atoms with van der Waals surface area (Å²) in [5.41, 5.74) is 1.90. The Bertz CT molecular complexity index is 813. The maximum Gasteiger partial charge on any atom is 0.240 e. The molecule has 1 N–H and O–H groups in total. The van der Waals surface area contributed by atoms with Gasteiger partial charge in [0.25, 0.3) is 0 Å². The maximum atomic E-state index is 12.0. The van der Waals surface area contributed by atoms with Gasteiger partial charge < -0.3 is 4.74 Å². The van der Waals surface area contributed by atoms with E-state index in [1.54, 1.807) is 12.1 Å². The van der Waals surface area contributed by atoms with Crippen LogP contribution in [0.3, 0.4) is 0 Å². The molecule has 122 valence electrons. The predicted molar refractivity (Wildman–Crippen MR) is 90.3 cm³/mol. The van der Waals surface area contributed by atoms with Crippen LogP contribution in [-0.2, 0) is 10.0 Å². The van der Waals surface area contributed by atoms with Gasteiger partial charge in [-0.05, 0) is 38.9 Å². The van der Waals surface area contributed by atoms with Gasteiger partial charge in [-0.3, -0.25) is 0 Å². The maximum absolute atomic E-state index is 12.0. The summed E-state index contributed by atoms with van der Waals surface area (Å²) in [6, 6.07) is 15.4. The molecule has 1 aliphatic heterocycles. The van der Waals surface area contributed by atoms with Gasteiger partial charge in [-0.1, -0.05) is 36.4 Å². The Kier molecular flexibility index (Phi) is 3.94. The van der Waals surface area contributed by atoms with Crippen molar-refractivity contribution in [2.75, 3.05) is 7.05 Å². The minimum Gasteiger partial charge on any atom is -0.487 e. The Hall–Kier alpha value is -1.85. The van der Waals surface area contributed by atoms with Gasteiger partial charge in [0.05, 0.1) is 4.90 Å². The zero-order valence-electron chi connectivity index (χ0n) is 13.5. The van der Waals surface area contributed by atoms with Crippen LogP contribution in [0.25, 0.3) is 0 Å². The molecular formula is C18H21NO3S. The van der Waals surface area contributed by atoms with Crippen molar-refractivity contribution in [2.45, 2.75) is 36.7 Å². The molecule has 1 atom stereocenters. The zero-order valence-corrected chi connectivity index (χ0v) is 14.4. The first-order valence-corrected chi connectivity index (χ1v) is 9.12. The van der Waals surface area contributed by atoms with Crippen molar-refractivity contribution in [2.24, 2.45) is 0 Å². The first kappa shape index (κ1) is 16.0. The van der Waals surface area contributed by atoms with E-state index in [0.29, 0.717) is 5.75 Å². The number of hydrogen-bond donors (Lipinski definition) is 1. The fourth-order valence-electron chi connectivity index (χ4n) is 3.10. The predicted octanol–water partition coefficient (Wildman–Crippen LogP) is 3.29. The van der Waals surface area contributed by atoms with Crippen molar-refractivity contribution in [3.05, 3.63) is 59.7 Å². The third-order valence-corrected chi connectivity index (χ3v) is 5.64. The lowest BCUT2D eigenvalue weighted by Crippen LogP contribution is -2.35. The van der Waals surface area contributed by atoms with Crippen LogP contribution in [0, 0.1) is 0 Å². The van der Waals surface area contributed by atoms with Crippen LogP contribution in [0.2, 0.25) is 0 Å². The van der Waals surface area contributed by atoms with Crippen molar-refractivity contribution < 1.29 is 13.2 Å². The van der Waals surface area contributed by atoms with E-state index in [4.69, 9.17) is 4.74 Å². The summed E-state index contributed by atoms with van der Waals surface area (Å²) in [5.74, 6) is 0.840. The minimum atomic E-state index is -3.48. The van der Waals surface area contributed by atoms with E-state index < -0.39 is 10.0 Å². The number of fused-ring (bicyclic) bond motifs is 1. The molecule has 4 nitrogen and oxygen atoms in total. The topological polar surface area (TPSA) is 55.4 Å². The zero-order chi connectivity index (χ0) is 16.7. The van der Waals surface area contributed by atoms with E-state index in [2.05, 4.69) is 16.9 Å². The highest BCUT2D eigenvalue weighted by molar-refractivity contribution is 7.89. The van der Waals surface area contributed by atoms with Gasteiger partial charge in [0.15, 0.2) is 0 Å². The molecule has 5 heteroatoms. The van der Waals surface area contributed by atoms with Gasteiger partial charge >= 0.3 is 0 Å². The molecule has 2 aromatic carbocycles. The Morgan fingerprint density at radius 1 is 1.13 bits per heavy atom. The Labute approximate surface area is 137 Å². The second-order valence-electron chi connectivity index (χ2n) is 6.44. The molecule has 1 unspecified atom stereocenters. The molecule has 0 radical (unpaired) electrons. The third-order valence-electron chi connectivity index (χ3n) is 4.22. The summed E-state index contributed by atoms with van der Waals surface area (Å²) in [6.07, 6.45) is 0.849. The molecule has 0 amide bonds. The van der Waals surface area contributed by atoms with Gasteiger partial charge in [-0.15, -0.1) is 0 Å². The molecule has 2 aromatic rings. The molecule has 3 rings (SSSR count). The van der Waals surface area contributed by atoms with Crippen molar-refractivity contribution in [1.82, 2.24) is 4.72 Å². The minimum absolute atomic E-state index is 0.196. The van der Waals surface area contributed by atoms with Gasteiger partial charge in [-0.25, -0.2) is 13.1 Å². The highest BCUT2D eigenvalue weighted by Gasteiger charge is 2.35. The van der Waals surface area contributed by atoms with Gasteiger partial charge in [0.2, 0.25) is 10.0 Å². The van der Waals surface area contributed by atoms with E-state index in [-0.39, 0.29) is 16.4 Å². The van der Waals surface area contributed by atoms with Gasteiger partial charge in [0, 0.05) is 17.5 Å². The highest BCUT2D eigenvalue weighted by atomic mass is 32.2. The standard InChI is InChI=1S/C18H21NO3S/c1-18(2)12-16(13-7-5-4-6-8-13)15-10-9-14(11-17(15)22-18)23(20,21)19-3/h4-11,16,19H,12H2,1-3H3. The molecule has 0 spiro atoms. The normalized spacial score (nSPS) is 19.7. The van der Waals surface area contributed by atoms with Crippen molar-refractivity contribution in [1.29, 1.82) is 0 Å². The first-order chi connectivity index (χ1) is 10.8. The summed E-state index contributed by atoms with van der Waals surface area (Å²) in [4.78, 5) is 0.225. The fourth-order valence-corrected chi connectivity index (χ4v) is 3.84. The van der Waals surface area contributed by atoms with E-state index in [1.807, 2.05) is 38.1 Å². The summed E-state index contributed by atoms with van der Waals surface area (Å²) in [7, 11) is -2.07. The van der Waals surface area contributed by atoms with Gasteiger partial charge in [0.1, 0.15) is 11.4 Å². The van der Waals surface area contributed by atoms with Crippen LogP contribution >= 0.6 is 0 Å². The lowest BCUT2D eigenvalue weighted by atomic mass is 9.80. The summed E-state index contributed by atoms with van der Waals surface area (Å²) < 4.78 is 32.5. The summed E-state index contributed by atoms with van der Waals surface area (Å²) in [6.45, 7) is 4.07. The number of rotatable bonds is 3. The second-order valence-corrected chi connectivity index (χ2v) is 8.32. The average molecular weight is 331 g/mol. The number of benzene rings is 2. The van der Waals surface area contributed by atoms with Crippen molar-refractivity contribution >= 4 is 10.0 Å². The van der Waals surface area contributed by atoms with Crippen LogP contribution in [0.15, 0.2) is 53.4 Å². The molecule has 0 saturated carbocycles. The third kappa shape index (κ3) is 3.12. The molecule has 1 heterocycles. The van der Waals surface area contributed by atoms with E-state index in [9.17, 15) is 8.42 Å². The number of ether oxygens (including phenoxy) is 1. The van der Waals surface area contributed by atoms with Crippen LogP contribution in [0.5, 0.6) is 5.75 Å². The Morgan fingerprint density at radius 2 is 1.83 bits per heavy atom. The molecule has 0 fully saturated rings. The molecule has 1 aliphatic rings. The highest BCUT2D eigenvalue weighted by Crippen LogP contribution is 2.44. The molecule has 23 heavy (non-hydrogen) atoms. The molecule has 0 aromatic heterocycles. The van der Waals surface area contributed by atoms with Crippen molar-refractivity contribution in [3.8, 4) is 5.75 Å². The van der Waals surface area contributed by atoms with Crippen LogP contribution in [0.4, 0.5) is 0 Å². The largest absolute Gasteiger partial charge is 0.487 e. The summed E-state index contributed by atoms with van der Waals surface area (Å²) in [5, 5.41) is 0. The van der Waals surface area contributed by atoms with Gasteiger partial charge in [-0.2, -0.15) is 0 Å². The Balaban J connectivity index is 2.12. The number of sulfonamides is 1. The first-order valence-electron chi connectivity index (χ1n) is 7.64.